The molecule has 2 N–H and O–H groups in total. The summed E-state index contributed by atoms with van der Waals surface area (Å²) in [5.41, 5.74) is 3.07. The Kier molecular flexibility index (Phi) is 29.1. The van der Waals surface area contributed by atoms with E-state index in [9.17, 15) is 33.6 Å². The van der Waals surface area contributed by atoms with Crippen LogP contribution in [0, 0.1) is 11.8 Å². The van der Waals surface area contributed by atoms with Gasteiger partial charge in [-0.15, -0.1) is 0 Å². The molecule has 2 amide bonds. The number of unbranched alkanes of at least 4 members (excludes halogenated alkanes) is 10. The Morgan fingerprint density at radius 1 is 0.466 bits per heavy atom. The quantitative estimate of drug-likeness (QED) is 0.0248. The first-order valence-corrected chi connectivity index (χ1v) is 27.2. The maximum absolute atomic E-state index is 14.0. The van der Waals surface area contributed by atoms with Crippen LogP contribution in [-0.4, -0.2) is 65.1 Å². The van der Waals surface area contributed by atoms with E-state index in [1.54, 1.807) is 12.1 Å². The number of ketones is 1. The Labute approximate surface area is 436 Å². The van der Waals surface area contributed by atoms with E-state index in [1.165, 1.54) is 63.6 Å². The molecular formula is C59H76N2O11S. The van der Waals surface area contributed by atoms with E-state index >= 15 is 0 Å². The predicted octanol–water partition coefficient (Wildman–Crippen LogP) is 10.7. The van der Waals surface area contributed by atoms with E-state index in [2.05, 4.69) is 17.6 Å². The van der Waals surface area contributed by atoms with Gasteiger partial charge in [0.1, 0.15) is 44.3 Å². The summed E-state index contributed by atoms with van der Waals surface area (Å²) in [6.45, 7) is 3.69. The fraction of sp³-hybridized carbons (Fsp3) is 0.475. The van der Waals surface area contributed by atoms with Gasteiger partial charge in [0.05, 0.1) is 18.3 Å². The fourth-order valence-electron chi connectivity index (χ4n) is 7.86. The number of benzene rings is 4. The zero-order chi connectivity index (χ0) is 52.3. The topological polar surface area (TPSA) is 180 Å². The van der Waals surface area contributed by atoms with E-state index in [1.807, 2.05) is 109 Å². The van der Waals surface area contributed by atoms with Gasteiger partial charge in [0.2, 0.25) is 11.8 Å². The first-order chi connectivity index (χ1) is 35.5. The Hall–Kier alpha value is -6.28. The first kappa shape index (κ1) is 59.3. The normalized spacial score (nSPS) is 12.6. The number of carbonyl (C=O) groups excluding carboxylic acids is 7. The SMILES string of the molecule is CCCCCCCCCCCCCC(=O)N[C@H](CCC(=O)C[C@H](CSC[C@H](CC(=O)OCc1ccccc1)C(=O)OCc1ccccc1)C(=O)N[C@H](C)C(=O)OCc1ccccc1)C(=O)OCc1ccccc1. The van der Waals surface area contributed by atoms with Gasteiger partial charge in [-0.1, -0.05) is 192 Å². The van der Waals surface area contributed by atoms with Crippen LogP contribution in [-0.2, 0) is 78.9 Å². The van der Waals surface area contributed by atoms with Crippen molar-refractivity contribution >= 4 is 53.2 Å². The third-order valence-corrected chi connectivity index (χ3v) is 13.5. The molecule has 0 heterocycles. The zero-order valence-electron chi connectivity index (χ0n) is 42.8. The van der Waals surface area contributed by atoms with Gasteiger partial charge in [0, 0.05) is 30.8 Å². The molecule has 0 aliphatic rings. The molecule has 0 unspecified atom stereocenters. The molecule has 0 spiro atoms. The maximum Gasteiger partial charge on any atom is 0.328 e. The summed E-state index contributed by atoms with van der Waals surface area (Å²) in [5, 5.41) is 5.51. The van der Waals surface area contributed by atoms with Gasteiger partial charge in [-0.2, -0.15) is 11.8 Å². The number of rotatable bonds is 37. The van der Waals surface area contributed by atoms with Crippen LogP contribution in [0.2, 0.25) is 0 Å². The number of thioether (sulfide) groups is 1. The van der Waals surface area contributed by atoms with Crippen LogP contribution in [0.25, 0.3) is 0 Å². The Morgan fingerprint density at radius 3 is 1.38 bits per heavy atom. The highest BCUT2D eigenvalue weighted by Crippen LogP contribution is 2.23. The van der Waals surface area contributed by atoms with Gasteiger partial charge in [0.25, 0.3) is 0 Å². The summed E-state index contributed by atoms with van der Waals surface area (Å²) >= 11 is 1.18. The summed E-state index contributed by atoms with van der Waals surface area (Å²) in [7, 11) is 0. The Morgan fingerprint density at radius 2 is 0.890 bits per heavy atom. The van der Waals surface area contributed by atoms with Crippen LogP contribution in [0.1, 0.15) is 139 Å². The fourth-order valence-corrected chi connectivity index (χ4v) is 9.08. The summed E-state index contributed by atoms with van der Waals surface area (Å²) in [4.78, 5) is 94.4. The van der Waals surface area contributed by atoms with Crippen molar-refractivity contribution in [3.63, 3.8) is 0 Å². The smallest absolute Gasteiger partial charge is 0.328 e. The number of carbonyl (C=O) groups is 7. The number of Topliss-reactive ketones (excluding diaryl/α,β-unsaturated/α-hetero) is 1. The van der Waals surface area contributed by atoms with Gasteiger partial charge in [-0.3, -0.25) is 24.0 Å². The second kappa shape index (κ2) is 35.8. The van der Waals surface area contributed by atoms with E-state index < -0.39 is 53.7 Å². The lowest BCUT2D eigenvalue weighted by Crippen LogP contribution is -2.44. The van der Waals surface area contributed by atoms with E-state index in [0.717, 1.165) is 41.5 Å². The number of ether oxygens (including phenoxy) is 4. The van der Waals surface area contributed by atoms with Gasteiger partial charge < -0.3 is 29.6 Å². The van der Waals surface area contributed by atoms with Crippen LogP contribution in [0.4, 0.5) is 0 Å². The number of amides is 2. The zero-order valence-corrected chi connectivity index (χ0v) is 43.6. The molecule has 73 heavy (non-hydrogen) atoms. The van der Waals surface area contributed by atoms with Crippen molar-refractivity contribution in [1.29, 1.82) is 0 Å². The summed E-state index contributed by atoms with van der Waals surface area (Å²) in [6, 6.07) is 34.3. The molecule has 4 atom stereocenters. The molecule has 4 aromatic rings. The average molecular weight is 1020 g/mol. The molecule has 4 rings (SSSR count). The molecule has 0 fully saturated rings. The first-order valence-electron chi connectivity index (χ1n) is 26.0. The molecule has 0 saturated heterocycles. The third-order valence-electron chi connectivity index (χ3n) is 12.2. The summed E-state index contributed by atoms with van der Waals surface area (Å²) in [5.74, 6) is -5.78. The number of hydrogen-bond donors (Lipinski definition) is 2. The van der Waals surface area contributed by atoms with Gasteiger partial charge in [-0.25, -0.2) is 9.59 Å². The monoisotopic (exact) mass is 1020 g/mol. The molecular weight excluding hydrogens is 945 g/mol. The Balaban J connectivity index is 1.41. The van der Waals surface area contributed by atoms with Crippen LogP contribution in [0.3, 0.4) is 0 Å². The van der Waals surface area contributed by atoms with E-state index in [0.29, 0.717) is 6.42 Å². The second-order valence-electron chi connectivity index (χ2n) is 18.5. The van der Waals surface area contributed by atoms with Crippen molar-refractivity contribution in [2.24, 2.45) is 11.8 Å². The van der Waals surface area contributed by atoms with Crippen molar-refractivity contribution < 1.29 is 52.5 Å². The lowest BCUT2D eigenvalue weighted by atomic mass is 9.98. The highest BCUT2D eigenvalue weighted by molar-refractivity contribution is 7.99. The lowest BCUT2D eigenvalue weighted by Gasteiger charge is -2.21. The minimum Gasteiger partial charge on any atom is -0.461 e. The second-order valence-corrected chi connectivity index (χ2v) is 19.6. The van der Waals surface area contributed by atoms with Crippen LogP contribution < -0.4 is 10.6 Å². The average Bonchev–Trinajstić information content (AvgIpc) is 3.41. The number of esters is 4. The van der Waals surface area contributed by atoms with Crippen molar-refractivity contribution in [3.05, 3.63) is 144 Å². The highest BCUT2D eigenvalue weighted by Gasteiger charge is 2.30. The number of nitrogens with one attached hydrogen (secondary N) is 2. The van der Waals surface area contributed by atoms with Crippen LogP contribution >= 0.6 is 11.8 Å². The van der Waals surface area contributed by atoms with E-state index in [4.69, 9.17) is 18.9 Å². The molecule has 13 nitrogen and oxygen atoms in total. The minimum atomic E-state index is -1.11. The molecule has 0 aliphatic carbocycles. The largest absolute Gasteiger partial charge is 0.461 e. The lowest BCUT2D eigenvalue weighted by molar-refractivity contribution is -0.155. The van der Waals surface area contributed by atoms with Crippen molar-refractivity contribution in [3.8, 4) is 0 Å². The molecule has 0 aromatic heterocycles. The summed E-state index contributed by atoms with van der Waals surface area (Å²) in [6.07, 6.45) is 11.9. The van der Waals surface area contributed by atoms with Gasteiger partial charge in [0.15, 0.2) is 0 Å². The minimum absolute atomic E-state index is 0.00199. The molecule has 394 valence electrons. The molecule has 0 bridgehead atoms. The molecule has 0 aliphatic heterocycles. The van der Waals surface area contributed by atoms with Gasteiger partial charge in [-0.05, 0) is 42.0 Å². The van der Waals surface area contributed by atoms with E-state index in [-0.39, 0.29) is 81.7 Å². The van der Waals surface area contributed by atoms with Crippen LogP contribution in [0.5, 0.6) is 0 Å². The molecule has 0 radical (unpaired) electrons. The molecule has 0 saturated carbocycles. The van der Waals surface area contributed by atoms with Crippen LogP contribution in [0.15, 0.2) is 121 Å². The summed E-state index contributed by atoms with van der Waals surface area (Å²) < 4.78 is 22.2. The molecule has 14 heteroatoms. The van der Waals surface area contributed by atoms with Crippen molar-refractivity contribution in [1.82, 2.24) is 10.6 Å². The predicted molar refractivity (Wildman–Crippen MR) is 283 cm³/mol. The number of hydrogen-bond acceptors (Lipinski definition) is 12. The van der Waals surface area contributed by atoms with Crippen molar-refractivity contribution in [2.75, 3.05) is 11.5 Å². The van der Waals surface area contributed by atoms with Crippen molar-refractivity contribution in [2.45, 2.75) is 155 Å². The molecule has 4 aromatic carbocycles. The standard InChI is InChI=1S/C59H76N2O11S/c1-3-4-5-6-7-8-9-10-11-12-25-34-54(63)61-53(59(68)72-42-49-32-23-16-24-33-49)36-35-52(62)37-50(56(65)60-45(2)57(66)70-40-47-28-19-14-20-29-47)43-73-44-51(58(67)71-41-48-30-21-15-22-31-48)38-55(64)69-39-46-26-17-13-18-27-46/h13-24,26-33,45,50-51,53H,3-12,25,34-44H2,1-2H3,(H,60,65)(H,61,63)/t45-,50-,51+,53-/m1/s1. The third kappa shape index (κ3) is 25.8. The maximum atomic E-state index is 14.0. The Bertz CT molecular complexity index is 2230. The van der Waals surface area contributed by atoms with Gasteiger partial charge >= 0.3 is 23.9 Å². The highest BCUT2D eigenvalue weighted by atomic mass is 32.2.